The van der Waals surface area contributed by atoms with E-state index in [-0.39, 0.29) is 6.17 Å². The van der Waals surface area contributed by atoms with Crippen LogP contribution in [0.25, 0.3) is 10.9 Å². The molecule has 2 nitrogen and oxygen atoms in total. The van der Waals surface area contributed by atoms with Crippen molar-refractivity contribution in [3.63, 3.8) is 0 Å². The van der Waals surface area contributed by atoms with Crippen LogP contribution in [-0.2, 0) is 0 Å². The van der Waals surface area contributed by atoms with Gasteiger partial charge in [0.15, 0.2) is 0 Å². The van der Waals surface area contributed by atoms with E-state index in [1.807, 2.05) is 24.3 Å². The minimum Gasteiger partial charge on any atom is -0.244 e. The van der Waals surface area contributed by atoms with E-state index in [0.717, 1.165) is 10.9 Å². The van der Waals surface area contributed by atoms with Gasteiger partial charge in [0.05, 0.1) is 6.89 Å². The van der Waals surface area contributed by atoms with Crippen molar-refractivity contribution in [2.45, 2.75) is 0 Å². The Morgan fingerprint density at radius 3 is 3.10 bits per heavy atom. The van der Waals surface area contributed by atoms with Crippen LogP contribution in [0.5, 0.6) is 0 Å². The zero-order valence-corrected chi connectivity index (χ0v) is 5.28. The van der Waals surface area contributed by atoms with Crippen LogP contribution in [0.2, 0.25) is 0 Å². The molecular formula is C8H6N2. The van der Waals surface area contributed by atoms with Crippen LogP contribution in [0.3, 0.4) is 0 Å². The topological polar surface area (TPSA) is 25.8 Å². The molecular weight excluding hydrogens is 124 g/mol. The van der Waals surface area contributed by atoms with Crippen molar-refractivity contribution < 1.29 is 1.37 Å². The first-order chi connectivity index (χ1) is 5.38. The fraction of sp³-hybridized carbons (Fsp3) is 0. The van der Waals surface area contributed by atoms with Gasteiger partial charge in [0, 0.05) is 11.6 Å². The second-order valence-corrected chi connectivity index (χ2v) is 2.00. The number of rotatable bonds is 0. The fourth-order valence-corrected chi connectivity index (χ4v) is 0.870. The Bertz CT molecular complexity index is 381. The second kappa shape index (κ2) is 2.06. The Hall–Kier alpha value is -1.44. The largest absolute Gasteiger partial charge is 0.244 e. The van der Waals surface area contributed by atoms with Gasteiger partial charge in [0.1, 0.15) is 6.33 Å². The fourth-order valence-electron chi connectivity index (χ4n) is 0.870. The van der Waals surface area contributed by atoms with Gasteiger partial charge in [-0.25, -0.2) is 9.97 Å². The number of nitrogens with zero attached hydrogens (tertiary/aromatic N) is 2. The molecule has 0 aliphatic rings. The van der Waals surface area contributed by atoms with Gasteiger partial charge in [0.25, 0.3) is 0 Å². The van der Waals surface area contributed by atoms with E-state index in [9.17, 15) is 0 Å². The van der Waals surface area contributed by atoms with Gasteiger partial charge in [-0.1, -0.05) is 18.2 Å². The summed E-state index contributed by atoms with van der Waals surface area (Å²) >= 11 is 0. The van der Waals surface area contributed by atoms with Crippen LogP contribution in [-0.4, -0.2) is 9.97 Å². The normalized spacial score (nSPS) is 11.4. The lowest BCUT2D eigenvalue weighted by molar-refractivity contribution is 1.22. The van der Waals surface area contributed by atoms with Crippen LogP contribution in [0.15, 0.2) is 36.8 Å². The predicted octanol–water partition coefficient (Wildman–Crippen LogP) is 1.63. The standard InChI is InChI=1S/C8H6N2/c1-2-4-8-7(3-1)5-9-6-10-8/h1-6H/i5D. The molecule has 48 valence electrons. The Morgan fingerprint density at radius 1 is 1.30 bits per heavy atom. The average Bonchev–Trinajstić information content (AvgIpc) is 2.06. The maximum absolute atomic E-state index is 7.41. The molecule has 0 amide bonds. The van der Waals surface area contributed by atoms with Gasteiger partial charge in [-0.3, -0.25) is 0 Å². The molecule has 0 saturated carbocycles. The summed E-state index contributed by atoms with van der Waals surface area (Å²) in [4.78, 5) is 7.77. The zero-order chi connectivity index (χ0) is 7.68. The number of aromatic nitrogens is 2. The molecule has 1 aromatic carbocycles. The summed E-state index contributed by atoms with van der Waals surface area (Å²) in [6.45, 7) is 0. The first-order valence-corrected chi connectivity index (χ1v) is 3.04. The van der Waals surface area contributed by atoms with Crippen LogP contribution >= 0.6 is 0 Å². The van der Waals surface area contributed by atoms with E-state index >= 15 is 0 Å². The van der Waals surface area contributed by atoms with Gasteiger partial charge < -0.3 is 0 Å². The zero-order valence-electron chi connectivity index (χ0n) is 6.28. The number of fused-ring (bicyclic) bond motifs is 1. The average molecular weight is 131 g/mol. The highest BCUT2D eigenvalue weighted by atomic mass is 14.8. The molecule has 2 rings (SSSR count). The lowest BCUT2D eigenvalue weighted by Gasteiger charge is -1.90. The molecule has 2 aromatic rings. The first-order valence-electron chi connectivity index (χ1n) is 3.54. The molecule has 0 spiro atoms. The molecule has 0 unspecified atom stereocenters. The maximum atomic E-state index is 7.41. The Balaban J connectivity index is 2.91. The summed E-state index contributed by atoms with van der Waals surface area (Å²) in [5, 5.41) is 0.801. The van der Waals surface area contributed by atoms with Crippen LogP contribution < -0.4 is 0 Å². The summed E-state index contributed by atoms with van der Waals surface area (Å²) in [5.74, 6) is 0. The van der Waals surface area contributed by atoms with Gasteiger partial charge in [-0.15, -0.1) is 0 Å². The van der Waals surface area contributed by atoms with Gasteiger partial charge in [0.2, 0.25) is 0 Å². The third-order valence-corrected chi connectivity index (χ3v) is 1.34. The highest BCUT2D eigenvalue weighted by Crippen LogP contribution is 2.06. The quantitative estimate of drug-likeness (QED) is 0.543. The van der Waals surface area contributed by atoms with Crippen molar-refractivity contribution >= 4 is 10.9 Å². The van der Waals surface area contributed by atoms with E-state index in [4.69, 9.17) is 1.37 Å². The predicted molar refractivity (Wildman–Crippen MR) is 39.5 cm³/mol. The SMILES string of the molecule is [2H]c1ncnc2ccccc12. The highest BCUT2D eigenvalue weighted by Gasteiger charge is 1.87. The van der Waals surface area contributed by atoms with E-state index < -0.39 is 0 Å². The van der Waals surface area contributed by atoms with Gasteiger partial charge in [-0.2, -0.15) is 0 Å². The van der Waals surface area contributed by atoms with E-state index in [1.54, 1.807) is 0 Å². The number of benzene rings is 1. The summed E-state index contributed by atoms with van der Waals surface area (Å²) in [5.41, 5.74) is 0.826. The summed E-state index contributed by atoms with van der Waals surface area (Å²) < 4.78 is 7.41. The molecule has 0 bridgehead atoms. The second-order valence-electron chi connectivity index (χ2n) is 2.00. The number of hydrogen-bond acceptors (Lipinski definition) is 2. The van der Waals surface area contributed by atoms with Crippen LogP contribution in [0, 0.1) is 0 Å². The molecule has 10 heavy (non-hydrogen) atoms. The number of para-hydroxylation sites is 1. The smallest absolute Gasteiger partial charge is 0.116 e. The van der Waals surface area contributed by atoms with E-state index in [0.29, 0.717) is 0 Å². The first kappa shape index (κ1) is 4.39. The van der Waals surface area contributed by atoms with E-state index in [2.05, 4.69) is 9.97 Å². The van der Waals surface area contributed by atoms with Crippen molar-refractivity contribution in [3.8, 4) is 0 Å². The lowest BCUT2D eigenvalue weighted by Crippen LogP contribution is -1.77. The van der Waals surface area contributed by atoms with Crippen LogP contribution in [0.1, 0.15) is 1.37 Å². The third kappa shape index (κ3) is 0.739. The molecule has 2 heteroatoms. The molecule has 0 saturated heterocycles. The molecule has 1 heterocycles. The molecule has 0 aliphatic heterocycles. The van der Waals surface area contributed by atoms with Crippen molar-refractivity contribution in [2.24, 2.45) is 0 Å². The monoisotopic (exact) mass is 131 g/mol. The maximum Gasteiger partial charge on any atom is 0.116 e. The summed E-state index contributed by atoms with van der Waals surface area (Å²) in [6, 6.07) is 7.49. The summed E-state index contributed by atoms with van der Waals surface area (Å²) in [7, 11) is 0. The molecule has 0 N–H and O–H groups in total. The van der Waals surface area contributed by atoms with E-state index in [1.165, 1.54) is 6.33 Å². The highest BCUT2D eigenvalue weighted by molar-refractivity contribution is 5.76. The third-order valence-electron chi connectivity index (χ3n) is 1.34. The van der Waals surface area contributed by atoms with Crippen LogP contribution in [0.4, 0.5) is 0 Å². The molecule has 0 atom stereocenters. The minimum atomic E-state index is 0.288. The minimum absolute atomic E-state index is 0.288. The van der Waals surface area contributed by atoms with Crippen molar-refractivity contribution in [1.29, 1.82) is 0 Å². The molecule has 1 aromatic heterocycles. The van der Waals surface area contributed by atoms with Crippen molar-refractivity contribution in [3.05, 3.63) is 36.8 Å². The molecule has 0 fully saturated rings. The van der Waals surface area contributed by atoms with Gasteiger partial charge in [-0.05, 0) is 6.07 Å². The lowest BCUT2D eigenvalue weighted by atomic mass is 10.2. The Kier molecular flexibility index (Phi) is 0.905. The molecule has 0 aliphatic carbocycles. The molecule has 0 radical (unpaired) electrons. The van der Waals surface area contributed by atoms with Crippen molar-refractivity contribution in [1.82, 2.24) is 9.97 Å². The van der Waals surface area contributed by atoms with Gasteiger partial charge >= 0.3 is 0 Å². The Labute approximate surface area is 60.0 Å². The van der Waals surface area contributed by atoms with Crippen molar-refractivity contribution in [2.75, 3.05) is 0 Å². The summed E-state index contributed by atoms with van der Waals surface area (Å²) in [6.07, 6.45) is 1.70. The Morgan fingerprint density at radius 2 is 2.20 bits per heavy atom. The number of hydrogen-bond donors (Lipinski definition) is 0.